The standard InChI is InChI=1S/C21H25N3O/c1-15-7-11-20(12-8-15)22-14-21(25)24-23-16(2)18-10-9-17-5-3-4-6-19(17)13-18/h7-13,22H,3-6,14H2,1-2H3,(H,24,25). The Bertz CT molecular complexity index is 778. The number of aryl methyl sites for hydroxylation is 3. The molecule has 0 aromatic heterocycles. The number of amides is 1. The molecule has 25 heavy (non-hydrogen) atoms. The maximum absolute atomic E-state index is 12.0. The molecule has 0 spiro atoms. The fourth-order valence-electron chi connectivity index (χ4n) is 3.06. The lowest BCUT2D eigenvalue weighted by molar-refractivity contribution is -0.119. The van der Waals surface area contributed by atoms with Crippen LogP contribution in [0.4, 0.5) is 5.69 Å². The number of hydrazone groups is 1. The molecule has 1 amide bonds. The smallest absolute Gasteiger partial charge is 0.259 e. The molecule has 2 N–H and O–H groups in total. The van der Waals surface area contributed by atoms with Crippen LogP contribution in [0.15, 0.2) is 47.6 Å². The van der Waals surface area contributed by atoms with Crippen molar-refractivity contribution in [2.24, 2.45) is 5.10 Å². The quantitative estimate of drug-likeness (QED) is 0.644. The van der Waals surface area contributed by atoms with E-state index in [0.717, 1.165) is 23.4 Å². The van der Waals surface area contributed by atoms with Crippen LogP contribution in [0.5, 0.6) is 0 Å². The third kappa shape index (κ3) is 4.69. The predicted octanol–water partition coefficient (Wildman–Crippen LogP) is 3.83. The van der Waals surface area contributed by atoms with Gasteiger partial charge < -0.3 is 5.32 Å². The van der Waals surface area contributed by atoms with Gasteiger partial charge in [-0.05, 0) is 74.4 Å². The summed E-state index contributed by atoms with van der Waals surface area (Å²) in [7, 11) is 0. The van der Waals surface area contributed by atoms with Crippen LogP contribution < -0.4 is 10.7 Å². The predicted molar refractivity (Wildman–Crippen MR) is 103 cm³/mol. The summed E-state index contributed by atoms with van der Waals surface area (Å²) in [5.41, 5.74) is 9.53. The van der Waals surface area contributed by atoms with E-state index in [9.17, 15) is 4.79 Å². The van der Waals surface area contributed by atoms with Crippen molar-refractivity contribution < 1.29 is 4.79 Å². The van der Waals surface area contributed by atoms with Crippen LogP contribution in [0.2, 0.25) is 0 Å². The number of carbonyl (C=O) groups excluding carboxylic acids is 1. The molecule has 0 bridgehead atoms. The van der Waals surface area contributed by atoms with E-state index in [1.54, 1.807) is 0 Å². The van der Waals surface area contributed by atoms with Crippen molar-refractivity contribution in [3.8, 4) is 0 Å². The minimum atomic E-state index is -0.155. The van der Waals surface area contributed by atoms with Crippen molar-refractivity contribution in [2.75, 3.05) is 11.9 Å². The Morgan fingerprint density at radius 2 is 1.76 bits per heavy atom. The fraction of sp³-hybridized carbons (Fsp3) is 0.333. The first-order valence-electron chi connectivity index (χ1n) is 8.87. The molecule has 0 heterocycles. The maximum Gasteiger partial charge on any atom is 0.259 e. The van der Waals surface area contributed by atoms with Crippen LogP contribution in [0.25, 0.3) is 0 Å². The molecule has 130 valence electrons. The molecule has 3 rings (SSSR count). The lowest BCUT2D eigenvalue weighted by Crippen LogP contribution is -2.26. The minimum absolute atomic E-state index is 0.155. The zero-order valence-electron chi connectivity index (χ0n) is 14.9. The van der Waals surface area contributed by atoms with E-state index in [1.807, 2.05) is 38.1 Å². The number of rotatable bonds is 5. The van der Waals surface area contributed by atoms with Crippen LogP contribution in [0.1, 0.15) is 42.0 Å². The number of hydrogen-bond acceptors (Lipinski definition) is 3. The number of nitrogens with zero attached hydrogens (tertiary/aromatic N) is 1. The Kier molecular flexibility index (Phi) is 5.49. The highest BCUT2D eigenvalue weighted by atomic mass is 16.2. The third-order valence-electron chi connectivity index (χ3n) is 4.62. The van der Waals surface area contributed by atoms with Gasteiger partial charge in [-0.15, -0.1) is 0 Å². The van der Waals surface area contributed by atoms with E-state index >= 15 is 0 Å². The summed E-state index contributed by atoms with van der Waals surface area (Å²) < 4.78 is 0. The molecule has 0 aliphatic heterocycles. The van der Waals surface area contributed by atoms with Crippen LogP contribution in [-0.2, 0) is 17.6 Å². The Balaban J connectivity index is 1.55. The Morgan fingerprint density at radius 1 is 1.04 bits per heavy atom. The van der Waals surface area contributed by atoms with Crippen LogP contribution >= 0.6 is 0 Å². The normalized spacial score (nSPS) is 13.9. The average Bonchev–Trinajstić information content (AvgIpc) is 2.65. The summed E-state index contributed by atoms with van der Waals surface area (Å²) in [5.74, 6) is -0.155. The number of carbonyl (C=O) groups is 1. The summed E-state index contributed by atoms with van der Waals surface area (Å²) >= 11 is 0. The number of nitrogens with one attached hydrogen (secondary N) is 2. The average molecular weight is 335 g/mol. The minimum Gasteiger partial charge on any atom is -0.376 e. The van der Waals surface area contributed by atoms with Gasteiger partial charge in [-0.1, -0.05) is 29.8 Å². The molecule has 1 aliphatic rings. The highest BCUT2D eigenvalue weighted by Gasteiger charge is 2.10. The van der Waals surface area contributed by atoms with Gasteiger partial charge in [0.25, 0.3) is 5.91 Å². The molecule has 2 aromatic rings. The molecule has 0 fully saturated rings. The van der Waals surface area contributed by atoms with Gasteiger partial charge >= 0.3 is 0 Å². The Labute approximate surface area is 149 Å². The zero-order chi connectivity index (χ0) is 17.6. The molecular weight excluding hydrogens is 310 g/mol. The highest BCUT2D eigenvalue weighted by molar-refractivity contribution is 5.99. The number of benzene rings is 2. The number of hydrogen-bond donors (Lipinski definition) is 2. The van der Waals surface area contributed by atoms with Crippen LogP contribution in [0.3, 0.4) is 0 Å². The molecule has 0 atom stereocenters. The number of anilines is 1. The molecule has 2 aromatic carbocycles. The van der Waals surface area contributed by atoms with E-state index in [1.165, 1.54) is 36.0 Å². The van der Waals surface area contributed by atoms with Gasteiger partial charge in [0.15, 0.2) is 0 Å². The number of fused-ring (bicyclic) bond motifs is 1. The van der Waals surface area contributed by atoms with Gasteiger partial charge in [0.05, 0.1) is 12.3 Å². The van der Waals surface area contributed by atoms with Gasteiger partial charge in [0.1, 0.15) is 0 Å². The molecule has 0 radical (unpaired) electrons. The first-order chi connectivity index (χ1) is 12.1. The molecule has 0 unspecified atom stereocenters. The van der Waals surface area contributed by atoms with Gasteiger partial charge in [0, 0.05) is 5.69 Å². The largest absolute Gasteiger partial charge is 0.376 e. The topological polar surface area (TPSA) is 53.5 Å². The van der Waals surface area contributed by atoms with E-state index < -0.39 is 0 Å². The third-order valence-corrected chi connectivity index (χ3v) is 4.62. The molecule has 0 saturated carbocycles. The van der Waals surface area contributed by atoms with Gasteiger partial charge in [-0.2, -0.15) is 5.10 Å². The van der Waals surface area contributed by atoms with E-state index in [4.69, 9.17) is 0 Å². The zero-order valence-corrected chi connectivity index (χ0v) is 14.9. The molecule has 4 heteroatoms. The van der Waals surface area contributed by atoms with E-state index in [0.29, 0.717) is 0 Å². The molecule has 1 aliphatic carbocycles. The van der Waals surface area contributed by atoms with Crippen molar-refractivity contribution in [3.63, 3.8) is 0 Å². The lowest BCUT2D eigenvalue weighted by Gasteiger charge is -2.16. The second-order valence-corrected chi connectivity index (χ2v) is 6.64. The second kappa shape index (κ2) is 7.97. The van der Waals surface area contributed by atoms with Crippen molar-refractivity contribution in [3.05, 3.63) is 64.7 Å². The lowest BCUT2D eigenvalue weighted by atomic mass is 9.90. The van der Waals surface area contributed by atoms with Crippen molar-refractivity contribution in [1.82, 2.24) is 5.43 Å². The first-order valence-corrected chi connectivity index (χ1v) is 8.87. The summed E-state index contributed by atoms with van der Waals surface area (Å²) in [6.45, 7) is 4.16. The monoisotopic (exact) mass is 335 g/mol. The molecule has 4 nitrogen and oxygen atoms in total. The van der Waals surface area contributed by atoms with E-state index in [2.05, 4.69) is 34.0 Å². The summed E-state index contributed by atoms with van der Waals surface area (Å²) in [5, 5.41) is 7.34. The van der Waals surface area contributed by atoms with Crippen molar-refractivity contribution in [1.29, 1.82) is 0 Å². The van der Waals surface area contributed by atoms with Gasteiger partial charge in [-0.25, -0.2) is 5.43 Å². The second-order valence-electron chi connectivity index (χ2n) is 6.64. The summed E-state index contributed by atoms with van der Waals surface area (Å²) in [6, 6.07) is 14.5. The van der Waals surface area contributed by atoms with Gasteiger partial charge in [0.2, 0.25) is 0 Å². The first kappa shape index (κ1) is 17.2. The maximum atomic E-state index is 12.0. The molecule has 0 saturated heterocycles. The summed E-state index contributed by atoms with van der Waals surface area (Å²) in [4.78, 5) is 12.0. The van der Waals surface area contributed by atoms with Crippen molar-refractivity contribution in [2.45, 2.75) is 39.5 Å². The highest BCUT2D eigenvalue weighted by Crippen LogP contribution is 2.22. The van der Waals surface area contributed by atoms with Crippen molar-refractivity contribution >= 4 is 17.3 Å². The Morgan fingerprint density at radius 3 is 2.52 bits per heavy atom. The van der Waals surface area contributed by atoms with E-state index in [-0.39, 0.29) is 12.5 Å². The Hall–Kier alpha value is -2.62. The van der Waals surface area contributed by atoms with Crippen LogP contribution in [-0.4, -0.2) is 18.2 Å². The van der Waals surface area contributed by atoms with Gasteiger partial charge in [-0.3, -0.25) is 4.79 Å². The molecular formula is C21H25N3O. The summed E-state index contributed by atoms with van der Waals surface area (Å²) in [6.07, 6.45) is 4.86. The fourth-order valence-corrected chi connectivity index (χ4v) is 3.06. The van der Waals surface area contributed by atoms with Crippen LogP contribution in [0, 0.1) is 6.92 Å². The SMILES string of the molecule is CC(=NNC(=O)CNc1ccc(C)cc1)c1ccc2c(c1)CCCC2.